The number of hydrogen-bond donors (Lipinski definition) is 1. The fourth-order valence-electron chi connectivity index (χ4n) is 0.830. The molecule has 1 rings (SSSR count). The monoisotopic (exact) mass is 224 g/mol. The molecule has 15 heavy (non-hydrogen) atoms. The van der Waals surface area contributed by atoms with Crippen LogP contribution >= 0.6 is 11.9 Å². The van der Waals surface area contributed by atoms with E-state index in [0.29, 0.717) is 5.56 Å². The molecular weight excluding hydrogens is 212 g/mol. The number of carbonyl (C=O) groups excluding carboxylic acids is 2. The lowest BCUT2D eigenvalue weighted by Gasteiger charge is -2.09. The molecule has 2 amide bonds. The van der Waals surface area contributed by atoms with Crippen LogP contribution in [0.3, 0.4) is 0 Å². The van der Waals surface area contributed by atoms with Gasteiger partial charge in [0.15, 0.2) is 0 Å². The van der Waals surface area contributed by atoms with Crippen molar-refractivity contribution in [3.05, 3.63) is 35.9 Å². The van der Waals surface area contributed by atoms with Crippen molar-refractivity contribution in [3.8, 4) is 0 Å². The van der Waals surface area contributed by atoms with Crippen molar-refractivity contribution in [2.45, 2.75) is 0 Å². The van der Waals surface area contributed by atoms with Gasteiger partial charge in [0.05, 0.1) is 11.9 Å². The van der Waals surface area contributed by atoms with Gasteiger partial charge in [-0.2, -0.15) is 0 Å². The Morgan fingerprint density at radius 3 is 2.33 bits per heavy atom. The Hall–Kier alpha value is -1.49. The number of nitrogens with one attached hydrogen (secondary N) is 1. The normalized spacial score (nSPS) is 9.47. The van der Waals surface area contributed by atoms with E-state index in [9.17, 15) is 9.59 Å². The molecule has 0 unspecified atom stereocenters. The van der Waals surface area contributed by atoms with Crippen LogP contribution in [-0.2, 0) is 0 Å². The zero-order valence-corrected chi connectivity index (χ0v) is 9.38. The molecule has 0 saturated heterocycles. The van der Waals surface area contributed by atoms with Crippen molar-refractivity contribution in [1.82, 2.24) is 9.62 Å². The Morgan fingerprint density at radius 1 is 1.20 bits per heavy atom. The highest BCUT2D eigenvalue weighted by atomic mass is 32.2. The molecule has 0 aliphatic rings. The lowest BCUT2D eigenvalue weighted by molar-refractivity contribution is 0.0984. The zero-order chi connectivity index (χ0) is 11.3. The second-order valence-corrected chi connectivity index (χ2v) is 3.82. The van der Waals surface area contributed by atoms with E-state index in [4.69, 9.17) is 0 Å². The second kappa shape index (κ2) is 5.41. The molecule has 0 aliphatic carbocycles. The predicted octanol–water partition coefficient (Wildman–Crippen LogP) is 1.75. The molecule has 0 saturated carbocycles. The van der Waals surface area contributed by atoms with Gasteiger partial charge in [-0.15, -0.1) is 0 Å². The van der Waals surface area contributed by atoms with Gasteiger partial charge in [-0.05, 0) is 12.1 Å². The van der Waals surface area contributed by atoms with E-state index < -0.39 is 0 Å². The number of amides is 2. The van der Waals surface area contributed by atoms with E-state index >= 15 is 0 Å². The molecule has 0 aromatic heterocycles. The lowest BCUT2D eigenvalue weighted by atomic mass is 10.2. The first kappa shape index (κ1) is 11.6. The van der Waals surface area contributed by atoms with Crippen LogP contribution in [0.1, 0.15) is 10.4 Å². The Balaban J connectivity index is 2.48. The van der Waals surface area contributed by atoms with Crippen LogP contribution in [0.15, 0.2) is 30.3 Å². The maximum absolute atomic E-state index is 11.5. The summed E-state index contributed by atoms with van der Waals surface area (Å²) in [5.41, 5.74) is 0.538. The predicted molar refractivity (Wildman–Crippen MR) is 60.6 cm³/mol. The van der Waals surface area contributed by atoms with E-state index in [1.165, 1.54) is 4.90 Å². The van der Waals surface area contributed by atoms with Gasteiger partial charge in [0.1, 0.15) is 0 Å². The summed E-state index contributed by atoms with van der Waals surface area (Å²) >= 11 is 0.775. The minimum absolute atomic E-state index is 0.209. The first-order valence-corrected chi connectivity index (χ1v) is 5.16. The number of nitrogens with zero attached hydrogens (tertiary/aromatic N) is 1. The van der Waals surface area contributed by atoms with Gasteiger partial charge >= 0.3 is 5.24 Å². The van der Waals surface area contributed by atoms with Crippen molar-refractivity contribution >= 4 is 23.1 Å². The summed E-state index contributed by atoms with van der Waals surface area (Å²) in [6, 6.07) is 8.75. The van der Waals surface area contributed by atoms with E-state index in [-0.39, 0.29) is 11.1 Å². The Morgan fingerprint density at radius 2 is 1.80 bits per heavy atom. The Bertz CT molecular complexity index is 352. The molecule has 1 aromatic carbocycles. The number of benzene rings is 1. The summed E-state index contributed by atoms with van der Waals surface area (Å²) in [5.74, 6) is -0.268. The minimum atomic E-state index is -0.268. The van der Waals surface area contributed by atoms with Gasteiger partial charge in [0, 0.05) is 19.7 Å². The number of rotatable bonds is 1. The average molecular weight is 224 g/mol. The van der Waals surface area contributed by atoms with Gasteiger partial charge in [0.2, 0.25) is 0 Å². The number of hydrogen-bond acceptors (Lipinski definition) is 3. The van der Waals surface area contributed by atoms with Crippen LogP contribution in [0, 0.1) is 0 Å². The molecule has 0 heterocycles. The molecule has 80 valence electrons. The first-order chi connectivity index (χ1) is 7.11. The molecule has 0 radical (unpaired) electrons. The van der Waals surface area contributed by atoms with E-state index in [1.807, 2.05) is 6.07 Å². The Labute approximate surface area is 92.8 Å². The topological polar surface area (TPSA) is 49.4 Å². The standard InChI is InChI=1S/C10H12N2O2S/c1-12(2)10(14)15-11-9(13)8-6-4-3-5-7-8/h3-7H,1-2H3,(H,11,13). The summed E-state index contributed by atoms with van der Waals surface area (Å²) in [7, 11) is 3.26. The van der Waals surface area contributed by atoms with Crippen molar-refractivity contribution < 1.29 is 9.59 Å². The molecular formula is C10H12N2O2S. The van der Waals surface area contributed by atoms with Crippen molar-refractivity contribution in [2.75, 3.05) is 14.1 Å². The van der Waals surface area contributed by atoms with Crippen molar-refractivity contribution in [2.24, 2.45) is 0 Å². The first-order valence-electron chi connectivity index (χ1n) is 4.35. The third-order valence-corrected chi connectivity index (χ3v) is 2.46. The van der Waals surface area contributed by atoms with Crippen LogP contribution in [0.25, 0.3) is 0 Å². The third kappa shape index (κ3) is 3.63. The summed E-state index contributed by atoms with van der Waals surface area (Å²) in [6.45, 7) is 0. The average Bonchev–Trinajstić information content (AvgIpc) is 2.26. The van der Waals surface area contributed by atoms with E-state index in [2.05, 4.69) is 4.72 Å². The molecule has 0 atom stereocenters. The highest BCUT2D eigenvalue weighted by Gasteiger charge is 2.09. The van der Waals surface area contributed by atoms with Gasteiger partial charge in [-0.1, -0.05) is 18.2 Å². The quantitative estimate of drug-likeness (QED) is 0.739. The Kier molecular flexibility index (Phi) is 4.17. The summed E-state index contributed by atoms with van der Waals surface area (Å²) in [5, 5.41) is -0.209. The molecule has 4 nitrogen and oxygen atoms in total. The summed E-state index contributed by atoms with van der Waals surface area (Å²) in [4.78, 5) is 24.0. The third-order valence-electron chi connectivity index (χ3n) is 1.63. The molecule has 5 heteroatoms. The molecule has 0 fully saturated rings. The van der Waals surface area contributed by atoms with Crippen molar-refractivity contribution in [1.29, 1.82) is 0 Å². The molecule has 0 aliphatic heterocycles. The fraction of sp³-hybridized carbons (Fsp3) is 0.200. The van der Waals surface area contributed by atoms with Crippen LogP contribution < -0.4 is 4.72 Å². The van der Waals surface area contributed by atoms with Crippen LogP contribution in [0.4, 0.5) is 4.79 Å². The van der Waals surface area contributed by atoms with Crippen LogP contribution in [0.5, 0.6) is 0 Å². The van der Waals surface area contributed by atoms with Crippen LogP contribution in [0.2, 0.25) is 0 Å². The molecule has 1 aromatic rings. The zero-order valence-electron chi connectivity index (χ0n) is 8.56. The number of carbonyl (C=O) groups is 2. The minimum Gasteiger partial charge on any atom is -0.338 e. The second-order valence-electron chi connectivity index (χ2n) is 3.06. The highest BCUT2D eigenvalue weighted by molar-refractivity contribution is 8.12. The summed E-state index contributed by atoms with van der Waals surface area (Å²) in [6.07, 6.45) is 0. The van der Waals surface area contributed by atoms with Gasteiger partial charge in [-0.25, -0.2) is 0 Å². The summed E-state index contributed by atoms with van der Waals surface area (Å²) < 4.78 is 2.47. The lowest BCUT2D eigenvalue weighted by Crippen LogP contribution is -2.24. The van der Waals surface area contributed by atoms with Crippen LogP contribution in [-0.4, -0.2) is 30.1 Å². The van der Waals surface area contributed by atoms with Gasteiger partial charge in [0.25, 0.3) is 5.91 Å². The fourth-order valence-corrected chi connectivity index (χ4v) is 1.31. The molecule has 0 spiro atoms. The van der Waals surface area contributed by atoms with Gasteiger partial charge in [-0.3, -0.25) is 14.3 Å². The van der Waals surface area contributed by atoms with Gasteiger partial charge < -0.3 is 4.90 Å². The maximum atomic E-state index is 11.5. The van der Waals surface area contributed by atoms with Crippen molar-refractivity contribution in [3.63, 3.8) is 0 Å². The SMILES string of the molecule is CN(C)C(=O)SNC(=O)c1ccccc1. The van der Waals surface area contributed by atoms with E-state index in [1.54, 1.807) is 38.4 Å². The maximum Gasteiger partial charge on any atom is 0.301 e. The molecule has 0 bridgehead atoms. The highest BCUT2D eigenvalue weighted by Crippen LogP contribution is 2.04. The largest absolute Gasteiger partial charge is 0.338 e. The molecule has 1 N–H and O–H groups in total. The smallest absolute Gasteiger partial charge is 0.301 e. The van der Waals surface area contributed by atoms with E-state index in [0.717, 1.165) is 11.9 Å².